The predicted octanol–water partition coefficient (Wildman–Crippen LogP) is 4.97. The highest BCUT2D eigenvalue weighted by Gasteiger charge is 2.06. The van der Waals surface area contributed by atoms with Gasteiger partial charge in [-0.05, 0) is 42.0 Å². The van der Waals surface area contributed by atoms with E-state index in [4.69, 9.17) is 0 Å². The summed E-state index contributed by atoms with van der Waals surface area (Å²) >= 11 is 0. The molecule has 1 heteroatoms. The number of nitrogens with zero attached hydrogens (tertiary/aromatic N) is 1. The highest BCUT2D eigenvalue weighted by Crippen LogP contribution is 2.21. The van der Waals surface area contributed by atoms with Gasteiger partial charge in [-0.3, -0.25) is 4.98 Å². The van der Waals surface area contributed by atoms with Crippen LogP contribution in [0, 0.1) is 0 Å². The number of para-hydroxylation sites is 1. The molecular formula is C19H19N. The van der Waals surface area contributed by atoms with Gasteiger partial charge in [-0.25, -0.2) is 0 Å². The van der Waals surface area contributed by atoms with Gasteiger partial charge < -0.3 is 0 Å². The van der Waals surface area contributed by atoms with E-state index in [9.17, 15) is 0 Å². The third kappa shape index (κ3) is 2.88. The van der Waals surface area contributed by atoms with Crippen molar-refractivity contribution >= 4 is 10.9 Å². The molecule has 0 aliphatic heterocycles. The Balaban J connectivity index is 1.70. The highest BCUT2D eigenvalue weighted by atomic mass is 14.6. The van der Waals surface area contributed by atoms with Crippen LogP contribution in [0.4, 0.5) is 0 Å². The highest BCUT2D eigenvalue weighted by molar-refractivity contribution is 5.78. The topological polar surface area (TPSA) is 12.9 Å². The van der Waals surface area contributed by atoms with Gasteiger partial charge in [-0.1, -0.05) is 55.5 Å². The van der Waals surface area contributed by atoms with Gasteiger partial charge in [0.25, 0.3) is 0 Å². The summed E-state index contributed by atoms with van der Waals surface area (Å²) in [5.41, 5.74) is 3.82. The summed E-state index contributed by atoms with van der Waals surface area (Å²) in [7, 11) is 0. The third-order valence-electron chi connectivity index (χ3n) is 3.88. The molecule has 1 heterocycles. The molecule has 0 saturated carbocycles. The molecule has 0 saturated heterocycles. The lowest BCUT2D eigenvalue weighted by molar-refractivity contribution is 0.679. The van der Waals surface area contributed by atoms with Crippen LogP contribution >= 0.6 is 0 Å². The summed E-state index contributed by atoms with van der Waals surface area (Å²) in [6, 6.07) is 21.3. The zero-order valence-electron chi connectivity index (χ0n) is 11.8. The Bertz CT molecular complexity index is 688. The molecule has 0 spiro atoms. The van der Waals surface area contributed by atoms with E-state index in [0.717, 1.165) is 18.4 Å². The van der Waals surface area contributed by atoms with Gasteiger partial charge in [0.2, 0.25) is 0 Å². The first-order valence-electron chi connectivity index (χ1n) is 7.21. The SMILES string of the molecule is CC(CCc1cnc2ccccc2c1)c1ccccc1. The summed E-state index contributed by atoms with van der Waals surface area (Å²) < 4.78 is 0. The van der Waals surface area contributed by atoms with Gasteiger partial charge in [-0.15, -0.1) is 0 Å². The first-order valence-corrected chi connectivity index (χ1v) is 7.21. The molecule has 1 unspecified atom stereocenters. The Labute approximate surface area is 120 Å². The molecule has 0 aliphatic rings. The summed E-state index contributed by atoms with van der Waals surface area (Å²) in [5, 5.41) is 1.23. The van der Waals surface area contributed by atoms with Crippen molar-refractivity contribution in [2.75, 3.05) is 0 Å². The number of aromatic nitrogens is 1. The van der Waals surface area contributed by atoms with Crippen molar-refractivity contribution < 1.29 is 0 Å². The quantitative estimate of drug-likeness (QED) is 0.646. The Morgan fingerprint density at radius 3 is 2.55 bits per heavy atom. The maximum Gasteiger partial charge on any atom is 0.0702 e. The number of aryl methyl sites for hydroxylation is 1. The van der Waals surface area contributed by atoms with Crippen molar-refractivity contribution in [1.82, 2.24) is 4.98 Å². The summed E-state index contributed by atoms with van der Waals surface area (Å²) in [5.74, 6) is 0.586. The van der Waals surface area contributed by atoms with Crippen LogP contribution in [0.3, 0.4) is 0 Å². The van der Waals surface area contributed by atoms with E-state index >= 15 is 0 Å². The second kappa shape index (κ2) is 5.87. The zero-order chi connectivity index (χ0) is 13.8. The van der Waals surface area contributed by atoms with Crippen LogP contribution in [-0.2, 0) is 6.42 Å². The molecule has 100 valence electrons. The molecular weight excluding hydrogens is 242 g/mol. The van der Waals surface area contributed by atoms with Gasteiger partial charge in [-0.2, -0.15) is 0 Å². The Morgan fingerprint density at radius 2 is 1.70 bits per heavy atom. The van der Waals surface area contributed by atoms with Gasteiger partial charge in [0.15, 0.2) is 0 Å². The fourth-order valence-corrected chi connectivity index (χ4v) is 2.58. The standard InChI is InChI=1S/C19H19N/c1-15(17-7-3-2-4-8-17)11-12-16-13-18-9-5-6-10-19(18)20-14-16/h2-10,13-15H,11-12H2,1H3. The van der Waals surface area contributed by atoms with E-state index in [1.165, 1.54) is 16.5 Å². The first-order chi connectivity index (χ1) is 9.83. The fraction of sp³-hybridized carbons (Fsp3) is 0.211. The molecule has 3 rings (SSSR count). The normalized spacial score (nSPS) is 12.4. The average molecular weight is 261 g/mol. The number of hydrogen-bond acceptors (Lipinski definition) is 1. The van der Waals surface area contributed by atoms with Gasteiger partial charge in [0.05, 0.1) is 5.52 Å². The molecule has 3 aromatic rings. The minimum absolute atomic E-state index is 0.586. The Morgan fingerprint density at radius 1 is 0.950 bits per heavy atom. The molecule has 0 amide bonds. The summed E-state index contributed by atoms with van der Waals surface area (Å²) in [4.78, 5) is 4.53. The van der Waals surface area contributed by atoms with Gasteiger partial charge in [0.1, 0.15) is 0 Å². The third-order valence-corrected chi connectivity index (χ3v) is 3.88. The number of benzene rings is 2. The largest absolute Gasteiger partial charge is 0.256 e. The van der Waals surface area contributed by atoms with Gasteiger partial charge >= 0.3 is 0 Å². The van der Waals surface area contributed by atoms with E-state index in [2.05, 4.69) is 66.5 Å². The van der Waals surface area contributed by atoms with E-state index in [1.54, 1.807) is 0 Å². The van der Waals surface area contributed by atoms with Crippen molar-refractivity contribution in [3.63, 3.8) is 0 Å². The van der Waals surface area contributed by atoms with Crippen molar-refractivity contribution in [3.05, 3.63) is 78.0 Å². The van der Waals surface area contributed by atoms with Crippen LogP contribution in [0.2, 0.25) is 0 Å². The lowest BCUT2D eigenvalue weighted by atomic mass is 9.94. The number of fused-ring (bicyclic) bond motifs is 1. The molecule has 1 nitrogen and oxygen atoms in total. The van der Waals surface area contributed by atoms with Crippen molar-refractivity contribution in [2.45, 2.75) is 25.7 Å². The first kappa shape index (κ1) is 12.9. The lowest BCUT2D eigenvalue weighted by Gasteiger charge is -2.11. The van der Waals surface area contributed by atoms with E-state index < -0.39 is 0 Å². The zero-order valence-corrected chi connectivity index (χ0v) is 11.8. The number of pyridine rings is 1. The molecule has 0 radical (unpaired) electrons. The molecule has 1 aromatic heterocycles. The van der Waals surface area contributed by atoms with Crippen LogP contribution in [0.1, 0.15) is 30.4 Å². The molecule has 0 fully saturated rings. The van der Waals surface area contributed by atoms with Crippen LogP contribution in [0.5, 0.6) is 0 Å². The second-order valence-electron chi connectivity index (χ2n) is 5.39. The van der Waals surface area contributed by atoms with Crippen molar-refractivity contribution in [1.29, 1.82) is 0 Å². The van der Waals surface area contributed by atoms with Crippen molar-refractivity contribution in [3.8, 4) is 0 Å². The fourth-order valence-electron chi connectivity index (χ4n) is 2.58. The molecule has 2 aromatic carbocycles. The molecule has 20 heavy (non-hydrogen) atoms. The van der Waals surface area contributed by atoms with Crippen LogP contribution in [0.25, 0.3) is 10.9 Å². The number of hydrogen-bond donors (Lipinski definition) is 0. The lowest BCUT2D eigenvalue weighted by Crippen LogP contribution is -1.96. The average Bonchev–Trinajstić information content (AvgIpc) is 2.53. The summed E-state index contributed by atoms with van der Waals surface area (Å²) in [6.45, 7) is 2.30. The Kier molecular flexibility index (Phi) is 3.78. The monoisotopic (exact) mass is 261 g/mol. The van der Waals surface area contributed by atoms with Crippen LogP contribution in [0.15, 0.2) is 66.9 Å². The maximum absolute atomic E-state index is 4.53. The van der Waals surface area contributed by atoms with E-state index in [1.807, 2.05) is 12.3 Å². The molecule has 0 bridgehead atoms. The maximum atomic E-state index is 4.53. The number of rotatable bonds is 4. The minimum atomic E-state index is 0.586. The van der Waals surface area contributed by atoms with Crippen LogP contribution < -0.4 is 0 Å². The smallest absolute Gasteiger partial charge is 0.0702 e. The van der Waals surface area contributed by atoms with E-state index in [-0.39, 0.29) is 0 Å². The predicted molar refractivity (Wildman–Crippen MR) is 84.9 cm³/mol. The molecule has 0 aliphatic carbocycles. The molecule has 0 N–H and O–H groups in total. The van der Waals surface area contributed by atoms with Gasteiger partial charge in [0, 0.05) is 11.6 Å². The van der Waals surface area contributed by atoms with E-state index in [0.29, 0.717) is 5.92 Å². The minimum Gasteiger partial charge on any atom is -0.256 e. The Hall–Kier alpha value is -2.15. The summed E-state index contributed by atoms with van der Waals surface area (Å²) in [6.07, 6.45) is 4.25. The second-order valence-corrected chi connectivity index (χ2v) is 5.39. The van der Waals surface area contributed by atoms with Crippen molar-refractivity contribution in [2.24, 2.45) is 0 Å². The molecule has 1 atom stereocenters. The van der Waals surface area contributed by atoms with Crippen LogP contribution in [-0.4, -0.2) is 4.98 Å².